The number of fused-ring (bicyclic) bond motifs is 1. The number of hydrogen-bond donors (Lipinski definition) is 1. The van der Waals surface area contributed by atoms with E-state index >= 15 is 0 Å². The average Bonchev–Trinajstić information content (AvgIpc) is 3.09. The second-order valence-corrected chi connectivity index (χ2v) is 8.09. The van der Waals surface area contributed by atoms with E-state index in [2.05, 4.69) is 54.4 Å². The molecule has 0 aliphatic carbocycles. The Kier molecular flexibility index (Phi) is 6.58. The lowest BCUT2D eigenvalue weighted by Crippen LogP contribution is -2.33. The first kappa shape index (κ1) is 20.7. The number of ether oxygens (including phenoxy) is 2. The number of nitrogens with one attached hydrogen (secondary N) is 1. The zero-order valence-corrected chi connectivity index (χ0v) is 18.1. The van der Waals surface area contributed by atoms with Crippen LogP contribution < -0.4 is 14.8 Å². The van der Waals surface area contributed by atoms with Crippen molar-refractivity contribution >= 4 is 11.6 Å². The molecule has 4 rings (SSSR count). The van der Waals surface area contributed by atoms with Crippen LogP contribution in [0.25, 0.3) is 0 Å². The molecule has 5 heteroatoms. The second-order valence-electron chi connectivity index (χ2n) is 8.09. The molecular formula is C25H32N2O3. The summed E-state index contributed by atoms with van der Waals surface area (Å²) in [7, 11) is 0. The minimum Gasteiger partial charge on any atom is -0.490 e. The first-order chi connectivity index (χ1) is 14.7. The summed E-state index contributed by atoms with van der Waals surface area (Å²) in [4.78, 5) is 15.2. The van der Waals surface area contributed by atoms with Crippen molar-refractivity contribution in [3.63, 3.8) is 0 Å². The molecule has 2 aliphatic rings. The Morgan fingerprint density at radius 1 is 1.03 bits per heavy atom. The highest BCUT2D eigenvalue weighted by atomic mass is 16.5. The molecule has 1 N–H and O–H groups in total. The molecule has 2 aliphatic heterocycles. The number of nitrogens with zero attached hydrogens (tertiary/aromatic N) is 1. The summed E-state index contributed by atoms with van der Waals surface area (Å²) in [5.41, 5.74) is 4.60. The standard InChI is InChI=1S/C25H32N2O3/c1-3-18-8-5-9-19(4-2)25(18)26-24(28)17-27-13-6-10-21(27)20-11-12-22-23(16-20)30-15-7-14-29-22/h5,8-9,11-12,16,21H,3-4,6-7,10,13-15,17H2,1-2H3,(H,26,28)/t21-/m1/s1. The molecule has 30 heavy (non-hydrogen) atoms. The van der Waals surface area contributed by atoms with Gasteiger partial charge in [-0.2, -0.15) is 0 Å². The molecule has 0 unspecified atom stereocenters. The van der Waals surface area contributed by atoms with Gasteiger partial charge < -0.3 is 14.8 Å². The van der Waals surface area contributed by atoms with E-state index in [1.165, 1.54) is 16.7 Å². The van der Waals surface area contributed by atoms with Crippen LogP contribution in [-0.2, 0) is 17.6 Å². The quantitative estimate of drug-likeness (QED) is 0.750. The van der Waals surface area contributed by atoms with Crippen molar-refractivity contribution in [3.05, 3.63) is 53.1 Å². The highest BCUT2D eigenvalue weighted by Gasteiger charge is 2.29. The molecule has 2 heterocycles. The van der Waals surface area contributed by atoms with Gasteiger partial charge >= 0.3 is 0 Å². The second kappa shape index (κ2) is 9.52. The van der Waals surface area contributed by atoms with E-state index in [-0.39, 0.29) is 11.9 Å². The molecule has 0 spiro atoms. The van der Waals surface area contributed by atoms with E-state index in [0.717, 1.165) is 55.8 Å². The predicted molar refractivity (Wildman–Crippen MR) is 119 cm³/mol. The van der Waals surface area contributed by atoms with E-state index in [9.17, 15) is 4.79 Å². The number of amides is 1. The number of benzene rings is 2. The van der Waals surface area contributed by atoms with Gasteiger partial charge in [0, 0.05) is 18.2 Å². The Balaban J connectivity index is 1.47. The van der Waals surface area contributed by atoms with Crippen LogP contribution in [0.4, 0.5) is 5.69 Å². The SMILES string of the molecule is CCc1cccc(CC)c1NC(=O)CN1CCC[C@@H]1c1ccc2c(c1)OCCCO2. The minimum atomic E-state index is 0.0619. The van der Waals surface area contributed by atoms with Crippen molar-refractivity contribution in [1.29, 1.82) is 0 Å². The molecule has 2 aromatic rings. The van der Waals surface area contributed by atoms with Gasteiger partial charge in [0.2, 0.25) is 5.91 Å². The Morgan fingerprint density at radius 2 is 1.77 bits per heavy atom. The van der Waals surface area contributed by atoms with Crippen LogP contribution in [0.5, 0.6) is 11.5 Å². The van der Waals surface area contributed by atoms with E-state index < -0.39 is 0 Å². The lowest BCUT2D eigenvalue weighted by molar-refractivity contribution is -0.117. The fraction of sp³-hybridized carbons (Fsp3) is 0.480. The fourth-order valence-electron chi connectivity index (χ4n) is 4.55. The Labute approximate surface area is 179 Å². The minimum absolute atomic E-state index is 0.0619. The van der Waals surface area contributed by atoms with Gasteiger partial charge in [-0.15, -0.1) is 0 Å². The molecule has 1 amide bonds. The highest BCUT2D eigenvalue weighted by Crippen LogP contribution is 2.37. The molecule has 1 saturated heterocycles. The van der Waals surface area contributed by atoms with Gasteiger partial charge in [0.25, 0.3) is 0 Å². The number of likely N-dealkylation sites (tertiary alicyclic amines) is 1. The first-order valence-corrected chi connectivity index (χ1v) is 11.2. The molecule has 0 saturated carbocycles. The third-order valence-corrected chi connectivity index (χ3v) is 6.13. The Hall–Kier alpha value is -2.53. The highest BCUT2D eigenvalue weighted by molar-refractivity contribution is 5.94. The van der Waals surface area contributed by atoms with Crippen LogP contribution in [-0.4, -0.2) is 37.1 Å². The Bertz CT molecular complexity index is 874. The van der Waals surface area contributed by atoms with E-state index in [4.69, 9.17) is 9.47 Å². The summed E-state index contributed by atoms with van der Waals surface area (Å²) in [6, 6.07) is 12.8. The maximum Gasteiger partial charge on any atom is 0.238 e. The first-order valence-electron chi connectivity index (χ1n) is 11.2. The normalized spacial score (nSPS) is 18.8. The van der Waals surface area contributed by atoms with Gasteiger partial charge in [0.05, 0.1) is 19.8 Å². The summed E-state index contributed by atoms with van der Waals surface area (Å²) >= 11 is 0. The van der Waals surface area contributed by atoms with Crippen molar-refractivity contribution in [1.82, 2.24) is 4.90 Å². The third kappa shape index (κ3) is 4.46. The topological polar surface area (TPSA) is 50.8 Å². The van der Waals surface area contributed by atoms with Crippen molar-refractivity contribution in [3.8, 4) is 11.5 Å². The number of hydrogen-bond acceptors (Lipinski definition) is 4. The maximum absolute atomic E-state index is 13.0. The smallest absolute Gasteiger partial charge is 0.238 e. The van der Waals surface area contributed by atoms with E-state index in [0.29, 0.717) is 19.8 Å². The average molecular weight is 409 g/mol. The number of carbonyl (C=O) groups is 1. The molecule has 0 aromatic heterocycles. The summed E-state index contributed by atoms with van der Waals surface area (Å²) in [6.45, 7) is 6.98. The number of rotatable bonds is 6. The molecule has 0 radical (unpaired) electrons. The molecule has 2 aromatic carbocycles. The van der Waals surface area contributed by atoms with Crippen molar-refractivity contribution in [2.75, 3.05) is 31.6 Å². The van der Waals surface area contributed by atoms with Crippen molar-refractivity contribution < 1.29 is 14.3 Å². The van der Waals surface area contributed by atoms with E-state index in [1.54, 1.807) is 0 Å². The lowest BCUT2D eigenvalue weighted by Gasteiger charge is -2.25. The van der Waals surface area contributed by atoms with Crippen LogP contribution in [0.2, 0.25) is 0 Å². The summed E-state index contributed by atoms with van der Waals surface area (Å²) < 4.78 is 11.6. The number of aryl methyl sites for hydroxylation is 2. The van der Waals surface area contributed by atoms with E-state index in [1.807, 2.05) is 6.07 Å². The van der Waals surface area contributed by atoms with Crippen LogP contribution in [0.1, 0.15) is 55.8 Å². The predicted octanol–water partition coefficient (Wildman–Crippen LogP) is 4.75. The maximum atomic E-state index is 13.0. The molecular weight excluding hydrogens is 376 g/mol. The summed E-state index contributed by atoms with van der Waals surface area (Å²) in [5, 5.41) is 3.21. The van der Waals surface area contributed by atoms with Crippen LogP contribution in [0.3, 0.4) is 0 Å². The summed E-state index contributed by atoms with van der Waals surface area (Å²) in [5.74, 6) is 1.71. The molecule has 5 nitrogen and oxygen atoms in total. The number of carbonyl (C=O) groups excluding carboxylic acids is 1. The molecule has 0 bridgehead atoms. The number of anilines is 1. The van der Waals surface area contributed by atoms with Gasteiger partial charge in [-0.05, 0) is 61.1 Å². The monoisotopic (exact) mass is 408 g/mol. The van der Waals surface area contributed by atoms with Crippen LogP contribution in [0.15, 0.2) is 36.4 Å². The zero-order chi connectivity index (χ0) is 20.9. The fourth-order valence-corrected chi connectivity index (χ4v) is 4.55. The molecule has 160 valence electrons. The number of para-hydroxylation sites is 1. The van der Waals surface area contributed by atoms with Crippen LogP contribution in [0, 0.1) is 0 Å². The summed E-state index contributed by atoms with van der Waals surface area (Å²) in [6.07, 6.45) is 4.87. The van der Waals surface area contributed by atoms with Gasteiger partial charge in [-0.25, -0.2) is 0 Å². The van der Waals surface area contributed by atoms with Gasteiger partial charge in [0.15, 0.2) is 11.5 Å². The largest absolute Gasteiger partial charge is 0.490 e. The Morgan fingerprint density at radius 3 is 2.50 bits per heavy atom. The van der Waals surface area contributed by atoms with Gasteiger partial charge in [-0.1, -0.05) is 38.1 Å². The van der Waals surface area contributed by atoms with Crippen LogP contribution >= 0.6 is 0 Å². The molecule has 1 fully saturated rings. The van der Waals surface area contributed by atoms with Gasteiger partial charge in [-0.3, -0.25) is 9.69 Å². The molecule has 1 atom stereocenters. The van der Waals surface area contributed by atoms with Crippen molar-refractivity contribution in [2.24, 2.45) is 0 Å². The lowest BCUT2D eigenvalue weighted by atomic mass is 10.0. The zero-order valence-electron chi connectivity index (χ0n) is 18.1. The van der Waals surface area contributed by atoms with Crippen molar-refractivity contribution in [2.45, 2.75) is 52.0 Å². The third-order valence-electron chi connectivity index (χ3n) is 6.13. The van der Waals surface area contributed by atoms with Gasteiger partial charge in [0.1, 0.15) is 0 Å².